The molecule has 0 amide bonds. The molecule has 1 saturated heterocycles. The van der Waals surface area contributed by atoms with E-state index in [1.165, 1.54) is 75.0 Å². The molecule has 0 spiro atoms. The molecule has 22 heavy (non-hydrogen) atoms. The predicted octanol–water partition coefficient (Wildman–Crippen LogP) is 4.56. The molecular weight excluding hydrogens is 268 g/mol. The fourth-order valence-electron chi connectivity index (χ4n) is 3.68. The van der Waals surface area contributed by atoms with Crippen molar-refractivity contribution in [1.82, 2.24) is 0 Å². The summed E-state index contributed by atoms with van der Waals surface area (Å²) >= 11 is 0. The topological polar surface area (TPSA) is 3.24 Å². The van der Waals surface area contributed by atoms with E-state index in [1.54, 1.807) is 0 Å². The van der Waals surface area contributed by atoms with Crippen molar-refractivity contribution in [2.24, 2.45) is 5.92 Å². The van der Waals surface area contributed by atoms with Gasteiger partial charge in [-0.1, -0.05) is 44.9 Å². The quantitative estimate of drug-likeness (QED) is 0.636. The SMILES string of the molecule is CCC(CC)CN(CC[N+]1(C)CCCCC1)c1ccccc1. The van der Waals surface area contributed by atoms with Gasteiger partial charge < -0.3 is 9.38 Å². The van der Waals surface area contributed by atoms with Crippen LogP contribution in [0, 0.1) is 5.92 Å². The number of hydrogen-bond acceptors (Lipinski definition) is 1. The summed E-state index contributed by atoms with van der Waals surface area (Å²) in [5, 5.41) is 0. The maximum absolute atomic E-state index is 2.63. The van der Waals surface area contributed by atoms with Gasteiger partial charge in [0, 0.05) is 12.2 Å². The molecule has 0 radical (unpaired) electrons. The molecule has 2 rings (SSSR count). The number of benzene rings is 1. The Hall–Kier alpha value is -1.02. The van der Waals surface area contributed by atoms with Crippen LogP contribution in [0.4, 0.5) is 5.69 Å². The molecule has 0 aromatic heterocycles. The van der Waals surface area contributed by atoms with Crippen molar-refractivity contribution in [2.75, 3.05) is 44.7 Å². The molecule has 1 aromatic carbocycles. The minimum atomic E-state index is 0.812. The third kappa shape index (κ3) is 5.01. The Labute approximate surface area is 137 Å². The van der Waals surface area contributed by atoms with Crippen LogP contribution in [-0.4, -0.2) is 44.3 Å². The normalized spacial score (nSPS) is 17.6. The summed E-state index contributed by atoms with van der Waals surface area (Å²) in [4.78, 5) is 2.63. The van der Waals surface area contributed by atoms with E-state index in [9.17, 15) is 0 Å². The minimum Gasteiger partial charge on any atom is -0.366 e. The molecule has 1 aliphatic heterocycles. The van der Waals surface area contributed by atoms with Crippen molar-refractivity contribution < 1.29 is 4.48 Å². The Morgan fingerprint density at radius 3 is 2.23 bits per heavy atom. The fourth-order valence-corrected chi connectivity index (χ4v) is 3.68. The number of piperidine rings is 1. The van der Waals surface area contributed by atoms with E-state index < -0.39 is 0 Å². The second-order valence-corrected chi connectivity index (χ2v) is 7.32. The number of rotatable bonds is 8. The summed E-state index contributed by atoms with van der Waals surface area (Å²) < 4.78 is 1.27. The van der Waals surface area contributed by atoms with Gasteiger partial charge >= 0.3 is 0 Å². The van der Waals surface area contributed by atoms with Crippen LogP contribution in [-0.2, 0) is 0 Å². The van der Waals surface area contributed by atoms with Crippen LogP contribution in [0.3, 0.4) is 0 Å². The molecule has 2 heteroatoms. The van der Waals surface area contributed by atoms with Gasteiger partial charge in [-0.15, -0.1) is 0 Å². The summed E-state index contributed by atoms with van der Waals surface area (Å²) in [5.74, 6) is 0.812. The van der Waals surface area contributed by atoms with E-state index in [0.717, 1.165) is 5.92 Å². The second kappa shape index (κ2) is 8.57. The standard InChI is InChI=1S/C20H35N2/c1-4-19(5-2)18-21(20-12-8-6-9-13-20)14-17-22(3)15-10-7-11-16-22/h6,8-9,12-13,19H,4-5,7,10-11,14-18H2,1-3H3/q+1. The lowest BCUT2D eigenvalue weighted by molar-refractivity contribution is -0.912. The summed E-state index contributed by atoms with van der Waals surface area (Å²) in [5.41, 5.74) is 1.40. The van der Waals surface area contributed by atoms with Crippen molar-refractivity contribution in [1.29, 1.82) is 0 Å². The van der Waals surface area contributed by atoms with E-state index >= 15 is 0 Å². The monoisotopic (exact) mass is 303 g/mol. The fraction of sp³-hybridized carbons (Fsp3) is 0.700. The molecule has 1 aromatic rings. The molecule has 0 bridgehead atoms. The first-order valence-corrected chi connectivity index (χ1v) is 9.30. The molecule has 0 aliphatic carbocycles. The lowest BCUT2D eigenvalue weighted by atomic mass is 10.0. The molecule has 1 fully saturated rings. The van der Waals surface area contributed by atoms with Gasteiger partial charge in [0.25, 0.3) is 0 Å². The third-order valence-corrected chi connectivity index (χ3v) is 5.56. The van der Waals surface area contributed by atoms with Crippen LogP contribution in [0.15, 0.2) is 30.3 Å². The number of quaternary nitrogens is 1. The Morgan fingerprint density at radius 1 is 1.00 bits per heavy atom. The largest absolute Gasteiger partial charge is 0.366 e. The first kappa shape index (κ1) is 17.3. The lowest BCUT2D eigenvalue weighted by Gasteiger charge is -2.40. The molecule has 2 nitrogen and oxygen atoms in total. The van der Waals surface area contributed by atoms with Crippen molar-refractivity contribution in [2.45, 2.75) is 46.0 Å². The zero-order chi connectivity index (χ0) is 15.8. The maximum Gasteiger partial charge on any atom is 0.0962 e. The second-order valence-electron chi connectivity index (χ2n) is 7.32. The van der Waals surface area contributed by atoms with Gasteiger partial charge in [-0.05, 0) is 37.3 Å². The number of likely N-dealkylation sites (N-methyl/N-ethyl adjacent to an activating group) is 1. The van der Waals surface area contributed by atoms with Gasteiger partial charge in [0.1, 0.15) is 0 Å². The Morgan fingerprint density at radius 2 is 1.64 bits per heavy atom. The van der Waals surface area contributed by atoms with Gasteiger partial charge in [0.2, 0.25) is 0 Å². The Bertz CT molecular complexity index is 405. The summed E-state index contributed by atoms with van der Waals surface area (Å²) in [7, 11) is 2.46. The van der Waals surface area contributed by atoms with Crippen LogP contribution in [0.25, 0.3) is 0 Å². The zero-order valence-electron chi connectivity index (χ0n) is 14.9. The van der Waals surface area contributed by atoms with Gasteiger partial charge in [-0.2, -0.15) is 0 Å². The van der Waals surface area contributed by atoms with E-state index in [1.807, 2.05) is 0 Å². The van der Waals surface area contributed by atoms with Crippen molar-refractivity contribution in [3.05, 3.63) is 30.3 Å². The summed E-state index contributed by atoms with van der Waals surface area (Å²) in [6.45, 7) is 11.1. The van der Waals surface area contributed by atoms with Gasteiger partial charge in [0.05, 0.1) is 33.2 Å². The first-order chi connectivity index (χ1) is 10.7. The molecule has 0 N–H and O–H groups in total. The average molecular weight is 304 g/mol. The third-order valence-electron chi connectivity index (χ3n) is 5.56. The number of hydrogen-bond donors (Lipinski definition) is 0. The van der Waals surface area contributed by atoms with Crippen LogP contribution in [0.5, 0.6) is 0 Å². The maximum atomic E-state index is 2.63. The van der Waals surface area contributed by atoms with E-state index in [4.69, 9.17) is 0 Å². The first-order valence-electron chi connectivity index (χ1n) is 9.30. The van der Waals surface area contributed by atoms with Gasteiger partial charge in [0.15, 0.2) is 0 Å². The smallest absolute Gasteiger partial charge is 0.0962 e. The number of para-hydroxylation sites is 1. The van der Waals surface area contributed by atoms with Crippen LogP contribution >= 0.6 is 0 Å². The Balaban J connectivity index is 2.00. The van der Waals surface area contributed by atoms with Crippen molar-refractivity contribution in [3.8, 4) is 0 Å². The minimum absolute atomic E-state index is 0.812. The molecule has 0 saturated carbocycles. The van der Waals surface area contributed by atoms with Crippen LogP contribution < -0.4 is 4.90 Å². The van der Waals surface area contributed by atoms with Crippen molar-refractivity contribution >= 4 is 5.69 Å². The highest BCUT2D eigenvalue weighted by molar-refractivity contribution is 5.45. The molecule has 1 heterocycles. The predicted molar refractivity (Wildman–Crippen MR) is 97.4 cm³/mol. The highest BCUT2D eigenvalue weighted by Crippen LogP contribution is 2.21. The van der Waals surface area contributed by atoms with Gasteiger partial charge in [-0.3, -0.25) is 0 Å². The number of anilines is 1. The van der Waals surface area contributed by atoms with E-state index in [2.05, 4.69) is 56.1 Å². The number of nitrogens with zero attached hydrogens (tertiary/aromatic N) is 2. The molecule has 0 unspecified atom stereocenters. The van der Waals surface area contributed by atoms with E-state index in [-0.39, 0.29) is 0 Å². The van der Waals surface area contributed by atoms with Gasteiger partial charge in [-0.25, -0.2) is 0 Å². The summed E-state index contributed by atoms with van der Waals surface area (Å²) in [6, 6.07) is 11.0. The molecule has 0 atom stereocenters. The lowest BCUT2D eigenvalue weighted by Crippen LogP contribution is -2.52. The average Bonchev–Trinajstić information content (AvgIpc) is 2.57. The molecule has 124 valence electrons. The highest BCUT2D eigenvalue weighted by Gasteiger charge is 2.25. The van der Waals surface area contributed by atoms with E-state index in [0.29, 0.717) is 0 Å². The van der Waals surface area contributed by atoms with Crippen molar-refractivity contribution in [3.63, 3.8) is 0 Å². The molecule has 1 aliphatic rings. The molecular formula is C20H35N2+. The Kier molecular flexibility index (Phi) is 6.75. The highest BCUT2D eigenvalue weighted by atomic mass is 15.3. The van der Waals surface area contributed by atoms with Crippen LogP contribution in [0.2, 0.25) is 0 Å². The van der Waals surface area contributed by atoms with Crippen LogP contribution in [0.1, 0.15) is 46.0 Å². The summed E-state index contributed by atoms with van der Waals surface area (Å²) in [6.07, 6.45) is 6.82. The zero-order valence-corrected chi connectivity index (χ0v) is 14.9. The number of likely N-dealkylation sites (tertiary alicyclic amines) is 1.